The average Bonchev–Trinajstić information content (AvgIpc) is 2.16. The molecule has 1 atom stereocenters. The summed E-state index contributed by atoms with van der Waals surface area (Å²) >= 11 is 0. The first-order valence-electron chi connectivity index (χ1n) is 4.27. The first-order valence-corrected chi connectivity index (χ1v) is 4.27. The molecule has 0 saturated heterocycles. The van der Waals surface area contributed by atoms with Gasteiger partial charge in [-0.05, 0) is 12.5 Å². The van der Waals surface area contributed by atoms with Gasteiger partial charge in [0.1, 0.15) is 0 Å². The van der Waals surface area contributed by atoms with Gasteiger partial charge in [-0.25, -0.2) is 4.79 Å². The smallest absolute Gasteiger partial charge is 0.350 e. The Morgan fingerprint density at radius 1 is 1.43 bits per heavy atom. The quantitative estimate of drug-likeness (QED) is 0.614. The summed E-state index contributed by atoms with van der Waals surface area (Å²) < 4.78 is 0. The highest BCUT2D eigenvalue weighted by molar-refractivity contribution is 5.75. The topological polar surface area (TPSA) is 69.6 Å². The van der Waals surface area contributed by atoms with Crippen molar-refractivity contribution in [3.63, 3.8) is 0 Å². The molecule has 1 aromatic carbocycles. The van der Waals surface area contributed by atoms with Crippen molar-refractivity contribution >= 4 is 5.97 Å². The van der Waals surface area contributed by atoms with Crippen molar-refractivity contribution in [3.05, 3.63) is 35.9 Å². The number of aliphatic hydroxyl groups is 1. The van der Waals surface area contributed by atoms with E-state index in [9.17, 15) is 9.90 Å². The van der Waals surface area contributed by atoms with Gasteiger partial charge in [0.15, 0.2) is 0 Å². The predicted octanol–water partition coefficient (Wildman–Crippen LogP) is 0.569. The molecule has 0 amide bonds. The van der Waals surface area contributed by atoms with Crippen molar-refractivity contribution in [1.82, 2.24) is 5.32 Å². The third-order valence-electron chi connectivity index (χ3n) is 1.90. The number of hydrogen-bond acceptors (Lipinski definition) is 3. The molecule has 0 aliphatic carbocycles. The van der Waals surface area contributed by atoms with E-state index in [1.165, 1.54) is 6.92 Å². The van der Waals surface area contributed by atoms with Crippen LogP contribution in [0.4, 0.5) is 0 Å². The van der Waals surface area contributed by atoms with E-state index in [4.69, 9.17) is 5.11 Å². The number of nitrogens with one attached hydrogen (secondary N) is 1. The van der Waals surface area contributed by atoms with Gasteiger partial charge in [-0.1, -0.05) is 30.3 Å². The van der Waals surface area contributed by atoms with Gasteiger partial charge in [0, 0.05) is 6.54 Å². The lowest BCUT2D eigenvalue weighted by Gasteiger charge is -2.19. The Balaban J connectivity index is 2.53. The van der Waals surface area contributed by atoms with Crippen molar-refractivity contribution < 1.29 is 15.0 Å². The summed E-state index contributed by atoms with van der Waals surface area (Å²) in [6, 6.07) is 9.29. The Bertz CT molecular complexity index is 308. The van der Waals surface area contributed by atoms with Crippen molar-refractivity contribution in [3.8, 4) is 0 Å². The van der Waals surface area contributed by atoms with E-state index in [1.807, 2.05) is 30.3 Å². The zero-order chi connectivity index (χ0) is 10.6. The number of benzene rings is 1. The number of carboxylic acid groups (broad SMARTS) is 1. The Hall–Kier alpha value is -1.39. The minimum atomic E-state index is -1.88. The molecular weight excluding hydrogens is 182 g/mol. The van der Waals surface area contributed by atoms with Crippen molar-refractivity contribution in [1.29, 1.82) is 0 Å². The largest absolute Gasteiger partial charge is 0.478 e. The Kier molecular flexibility index (Phi) is 3.22. The molecule has 0 heterocycles. The third kappa shape index (κ3) is 2.83. The Morgan fingerprint density at radius 3 is 2.50 bits per heavy atom. The lowest BCUT2D eigenvalue weighted by molar-refractivity contribution is -0.160. The van der Waals surface area contributed by atoms with Gasteiger partial charge in [0.05, 0.1) is 0 Å². The van der Waals surface area contributed by atoms with Crippen LogP contribution in [0.1, 0.15) is 12.5 Å². The van der Waals surface area contributed by atoms with Crippen LogP contribution < -0.4 is 5.32 Å². The summed E-state index contributed by atoms with van der Waals surface area (Å²) in [4.78, 5) is 10.5. The first-order chi connectivity index (χ1) is 6.52. The van der Waals surface area contributed by atoms with E-state index in [0.717, 1.165) is 5.56 Å². The van der Waals surface area contributed by atoms with Gasteiger partial charge in [0.2, 0.25) is 5.72 Å². The van der Waals surface area contributed by atoms with Crippen LogP contribution in [0.5, 0.6) is 0 Å². The summed E-state index contributed by atoms with van der Waals surface area (Å²) in [5, 5.41) is 20.5. The number of carbonyl (C=O) groups is 1. The molecule has 76 valence electrons. The second-order valence-corrected chi connectivity index (χ2v) is 3.22. The fraction of sp³-hybridized carbons (Fsp3) is 0.300. The van der Waals surface area contributed by atoms with Crippen LogP contribution in [0, 0.1) is 0 Å². The van der Waals surface area contributed by atoms with Gasteiger partial charge >= 0.3 is 5.97 Å². The molecule has 1 rings (SSSR count). The summed E-state index contributed by atoms with van der Waals surface area (Å²) in [6.45, 7) is 1.53. The minimum Gasteiger partial charge on any atom is -0.478 e. The molecule has 1 unspecified atom stereocenters. The summed E-state index contributed by atoms with van der Waals surface area (Å²) in [5.41, 5.74) is -0.954. The second-order valence-electron chi connectivity index (χ2n) is 3.22. The Labute approximate surface area is 82.2 Å². The predicted molar refractivity (Wildman–Crippen MR) is 51.5 cm³/mol. The number of carboxylic acids is 1. The molecule has 0 aliphatic heterocycles. The van der Waals surface area contributed by atoms with Crippen molar-refractivity contribution in [2.75, 3.05) is 0 Å². The second kappa shape index (κ2) is 4.21. The van der Waals surface area contributed by atoms with E-state index in [0.29, 0.717) is 6.54 Å². The maximum absolute atomic E-state index is 10.5. The average molecular weight is 195 g/mol. The van der Waals surface area contributed by atoms with Crippen LogP contribution in [0.2, 0.25) is 0 Å². The number of hydrogen-bond donors (Lipinski definition) is 3. The normalized spacial score (nSPS) is 14.7. The molecule has 0 aromatic heterocycles. The summed E-state index contributed by atoms with van der Waals surface area (Å²) in [6.07, 6.45) is 0. The molecule has 0 bridgehead atoms. The van der Waals surface area contributed by atoms with Crippen LogP contribution in [0.25, 0.3) is 0 Å². The lowest BCUT2D eigenvalue weighted by atomic mass is 10.2. The molecular formula is C10H13NO3. The number of rotatable bonds is 4. The van der Waals surface area contributed by atoms with Crippen LogP contribution in [-0.4, -0.2) is 21.9 Å². The molecule has 0 radical (unpaired) electrons. The minimum absolute atomic E-state index is 0.320. The summed E-state index contributed by atoms with van der Waals surface area (Å²) in [5.74, 6) is -1.28. The summed E-state index contributed by atoms with van der Waals surface area (Å²) in [7, 11) is 0. The maximum Gasteiger partial charge on any atom is 0.350 e. The van der Waals surface area contributed by atoms with E-state index >= 15 is 0 Å². The zero-order valence-electron chi connectivity index (χ0n) is 7.90. The van der Waals surface area contributed by atoms with Gasteiger partial charge in [0.25, 0.3) is 0 Å². The SMILES string of the molecule is CC(O)(NCc1ccccc1)C(=O)O. The molecule has 0 fully saturated rings. The van der Waals surface area contributed by atoms with Gasteiger partial charge < -0.3 is 10.2 Å². The molecule has 3 N–H and O–H groups in total. The fourth-order valence-corrected chi connectivity index (χ4v) is 0.946. The number of aliphatic carboxylic acids is 1. The molecule has 1 aromatic rings. The van der Waals surface area contributed by atoms with Crippen LogP contribution >= 0.6 is 0 Å². The van der Waals surface area contributed by atoms with E-state index < -0.39 is 11.7 Å². The molecule has 0 spiro atoms. The molecule has 14 heavy (non-hydrogen) atoms. The first kappa shape index (κ1) is 10.7. The van der Waals surface area contributed by atoms with E-state index in [1.54, 1.807) is 0 Å². The maximum atomic E-state index is 10.5. The Morgan fingerprint density at radius 2 is 2.00 bits per heavy atom. The van der Waals surface area contributed by atoms with Crippen LogP contribution in [0.3, 0.4) is 0 Å². The highest BCUT2D eigenvalue weighted by Gasteiger charge is 2.28. The van der Waals surface area contributed by atoms with Gasteiger partial charge in [-0.2, -0.15) is 0 Å². The third-order valence-corrected chi connectivity index (χ3v) is 1.90. The van der Waals surface area contributed by atoms with Crippen LogP contribution in [0.15, 0.2) is 30.3 Å². The van der Waals surface area contributed by atoms with E-state index in [-0.39, 0.29) is 0 Å². The van der Waals surface area contributed by atoms with Crippen molar-refractivity contribution in [2.45, 2.75) is 19.2 Å². The molecule has 4 nitrogen and oxygen atoms in total. The standard InChI is InChI=1S/C10H13NO3/c1-10(14,9(12)13)11-7-8-5-3-2-4-6-8/h2-6,11,14H,7H2,1H3,(H,12,13). The fourth-order valence-electron chi connectivity index (χ4n) is 0.946. The monoisotopic (exact) mass is 195 g/mol. The molecule has 0 saturated carbocycles. The molecule has 4 heteroatoms. The lowest BCUT2D eigenvalue weighted by Crippen LogP contribution is -2.48. The van der Waals surface area contributed by atoms with Crippen molar-refractivity contribution in [2.24, 2.45) is 0 Å². The zero-order valence-corrected chi connectivity index (χ0v) is 7.90. The van der Waals surface area contributed by atoms with Gasteiger partial charge in [-0.3, -0.25) is 5.32 Å². The van der Waals surface area contributed by atoms with E-state index in [2.05, 4.69) is 5.32 Å². The van der Waals surface area contributed by atoms with Crippen LogP contribution in [-0.2, 0) is 11.3 Å². The highest BCUT2D eigenvalue weighted by Crippen LogP contribution is 2.02. The highest BCUT2D eigenvalue weighted by atomic mass is 16.4. The van der Waals surface area contributed by atoms with Gasteiger partial charge in [-0.15, -0.1) is 0 Å². The molecule has 0 aliphatic rings.